The average molecular weight is 269 g/mol. The van der Waals surface area contributed by atoms with Crippen LogP contribution < -0.4 is 5.32 Å². The Labute approximate surface area is 121 Å². The average Bonchev–Trinajstić information content (AvgIpc) is 2.81. The van der Waals surface area contributed by atoms with Crippen LogP contribution in [0.3, 0.4) is 0 Å². The van der Waals surface area contributed by atoms with E-state index < -0.39 is 0 Å². The van der Waals surface area contributed by atoms with Crippen molar-refractivity contribution in [3.8, 4) is 0 Å². The number of rotatable bonds is 3. The predicted molar refractivity (Wildman–Crippen MR) is 83.4 cm³/mol. The maximum atomic E-state index is 4.67. The first-order valence-electron chi connectivity index (χ1n) is 7.61. The molecule has 3 rings (SSSR count). The van der Waals surface area contributed by atoms with E-state index in [2.05, 4.69) is 47.0 Å². The lowest BCUT2D eigenvalue weighted by atomic mass is 9.86. The van der Waals surface area contributed by atoms with Crippen molar-refractivity contribution < 1.29 is 0 Å². The van der Waals surface area contributed by atoms with Gasteiger partial charge in [0.15, 0.2) is 0 Å². The van der Waals surface area contributed by atoms with Crippen LogP contribution in [-0.4, -0.2) is 9.55 Å². The molecule has 1 aromatic heterocycles. The van der Waals surface area contributed by atoms with Crippen molar-refractivity contribution in [1.82, 2.24) is 9.55 Å². The molecule has 20 heavy (non-hydrogen) atoms. The Morgan fingerprint density at radius 1 is 1.15 bits per heavy atom. The minimum atomic E-state index is 0.580. The van der Waals surface area contributed by atoms with Crippen LogP contribution in [0, 0.1) is 12.8 Å². The monoisotopic (exact) mass is 269 g/mol. The molecule has 0 saturated heterocycles. The Balaban J connectivity index is 1.88. The lowest BCUT2D eigenvalue weighted by molar-refractivity contribution is 0.259. The van der Waals surface area contributed by atoms with E-state index >= 15 is 0 Å². The fourth-order valence-corrected chi connectivity index (χ4v) is 3.22. The van der Waals surface area contributed by atoms with Gasteiger partial charge in [0.05, 0.1) is 5.69 Å². The molecule has 1 aliphatic carbocycles. The van der Waals surface area contributed by atoms with Crippen molar-refractivity contribution in [1.29, 1.82) is 0 Å². The van der Waals surface area contributed by atoms with Crippen molar-refractivity contribution in [2.45, 2.75) is 45.6 Å². The standard InChI is InChI=1S/C17H23N3/c1-13-8-6-7-11-16(13)20-12-14(2)18-17(20)19-15-9-4-3-5-10-15/h3-5,9-10,12-13,16H,6-8,11H2,1-2H3,(H,18,19). The molecule has 1 fully saturated rings. The molecule has 1 N–H and O–H groups in total. The molecule has 106 valence electrons. The second kappa shape index (κ2) is 5.70. The van der Waals surface area contributed by atoms with Crippen LogP contribution in [-0.2, 0) is 0 Å². The van der Waals surface area contributed by atoms with Crippen molar-refractivity contribution in [2.24, 2.45) is 5.92 Å². The Bertz CT molecular complexity index is 559. The molecule has 2 atom stereocenters. The molecule has 0 radical (unpaired) electrons. The van der Waals surface area contributed by atoms with E-state index in [0.29, 0.717) is 6.04 Å². The lowest BCUT2D eigenvalue weighted by Gasteiger charge is -2.31. The van der Waals surface area contributed by atoms with Crippen LogP contribution >= 0.6 is 0 Å². The molecule has 1 heterocycles. The summed E-state index contributed by atoms with van der Waals surface area (Å²) in [7, 11) is 0. The van der Waals surface area contributed by atoms with Gasteiger partial charge in [0.1, 0.15) is 0 Å². The summed E-state index contributed by atoms with van der Waals surface area (Å²) >= 11 is 0. The van der Waals surface area contributed by atoms with Gasteiger partial charge in [0.25, 0.3) is 0 Å². The highest BCUT2D eigenvalue weighted by molar-refractivity contribution is 5.53. The van der Waals surface area contributed by atoms with Gasteiger partial charge in [0, 0.05) is 17.9 Å². The summed E-state index contributed by atoms with van der Waals surface area (Å²) in [5, 5.41) is 3.46. The van der Waals surface area contributed by atoms with Gasteiger partial charge >= 0.3 is 0 Å². The van der Waals surface area contributed by atoms with E-state index in [1.165, 1.54) is 25.7 Å². The third-order valence-electron chi connectivity index (χ3n) is 4.31. The van der Waals surface area contributed by atoms with Gasteiger partial charge in [-0.25, -0.2) is 4.98 Å². The zero-order valence-corrected chi connectivity index (χ0v) is 12.3. The molecule has 1 saturated carbocycles. The predicted octanol–water partition coefficient (Wildman–Crippen LogP) is 4.69. The topological polar surface area (TPSA) is 29.9 Å². The van der Waals surface area contributed by atoms with Crippen LogP contribution in [0.25, 0.3) is 0 Å². The van der Waals surface area contributed by atoms with E-state index in [4.69, 9.17) is 0 Å². The summed E-state index contributed by atoms with van der Waals surface area (Å²) in [6.45, 7) is 4.44. The molecule has 2 aromatic rings. The number of imidazole rings is 1. The van der Waals surface area contributed by atoms with E-state index in [1.54, 1.807) is 0 Å². The third-order valence-corrected chi connectivity index (χ3v) is 4.31. The number of hydrogen-bond donors (Lipinski definition) is 1. The van der Waals surface area contributed by atoms with Gasteiger partial charge in [-0.15, -0.1) is 0 Å². The molecule has 0 amide bonds. The summed E-state index contributed by atoms with van der Waals surface area (Å²) in [5.41, 5.74) is 2.18. The Morgan fingerprint density at radius 3 is 2.65 bits per heavy atom. The van der Waals surface area contributed by atoms with Gasteiger partial charge in [0.2, 0.25) is 5.95 Å². The zero-order valence-electron chi connectivity index (χ0n) is 12.3. The normalized spacial score (nSPS) is 22.7. The van der Waals surface area contributed by atoms with Crippen LogP contribution in [0.4, 0.5) is 11.6 Å². The number of aromatic nitrogens is 2. The highest BCUT2D eigenvalue weighted by atomic mass is 15.2. The van der Waals surface area contributed by atoms with Gasteiger partial charge < -0.3 is 9.88 Å². The number of nitrogens with one attached hydrogen (secondary N) is 1. The first-order chi connectivity index (χ1) is 9.74. The minimum absolute atomic E-state index is 0.580. The van der Waals surface area contributed by atoms with Crippen molar-refractivity contribution >= 4 is 11.6 Å². The fourth-order valence-electron chi connectivity index (χ4n) is 3.22. The molecule has 1 aromatic carbocycles. The molecule has 3 nitrogen and oxygen atoms in total. The van der Waals surface area contributed by atoms with E-state index in [9.17, 15) is 0 Å². The lowest BCUT2D eigenvalue weighted by Crippen LogP contribution is -2.21. The molecule has 3 heteroatoms. The van der Waals surface area contributed by atoms with Crippen LogP contribution in [0.5, 0.6) is 0 Å². The van der Waals surface area contributed by atoms with Gasteiger partial charge in [-0.2, -0.15) is 0 Å². The number of nitrogens with zero attached hydrogens (tertiary/aromatic N) is 2. The highest BCUT2D eigenvalue weighted by Crippen LogP contribution is 2.36. The first-order valence-corrected chi connectivity index (χ1v) is 7.61. The highest BCUT2D eigenvalue weighted by Gasteiger charge is 2.25. The van der Waals surface area contributed by atoms with Crippen LogP contribution in [0.15, 0.2) is 36.5 Å². The number of anilines is 2. The fraction of sp³-hybridized carbons (Fsp3) is 0.471. The number of para-hydroxylation sites is 1. The van der Waals surface area contributed by atoms with Crippen molar-refractivity contribution in [3.05, 3.63) is 42.2 Å². The Kier molecular flexibility index (Phi) is 3.77. The maximum absolute atomic E-state index is 4.67. The van der Waals surface area contributed by atoms with Crippen molar-refractivity contribution in [3.63, 3.8) is 0 Å². The number of aryl methyl sites for hydroxylation is 1. The largest absolute Gasteiger partial charge is 0.326 e. The van der Waals surface area contributed by atoms with Gasteiger partial charge in [-0.1, -0.05) is 38.0 Å². The SMILES string of the molecule is Cc1cn(C2CCCCC2C)c(Nc2ccccc2)n1. The molecule has 1 aliphatic rings. The summed E-state index contributed by atoms with van der Waals surface area (Å²) < 4.78 is 2.35. The summed E-state index contributed by atoms with van der Waals surface area (Å²) in [6.07, 6.45) is 7.48. The minimum Gasteiger partial charge on any atom is -0.326 e. The summed E-state index contributed by atoms with van der Waals surface area (Å²) in [5.74, 6) is 1.71. The Morgan fingerprint density at radius 2 is 1.90 bits per heavy atom. The molecular weight excluding hydrogens is 246 g/mol. The number of hydrogen-bond acceptors (Lipinski definition) is 2. The second-order valence-corrected chi connectivity index (χ2v) is 5.93. The Hall–Kier alpha value is -1.77. The maximum Gasteiger partial charge on any atom is 0.207 e. The second-order valence-electron chi connectivity index (χ2n) is 5.93. The van der Waals surface area contributed by atoms with Crippen LogP contribution in [0.2, 0.25) is 0 Å². The van der Waals surface area contributed by atoms with Gasteiger partial charge in [-0.3, -0.25) is 0 Å². The number of benzene rings is 1. The van der Waals surface area contributed by atoms with Crippen LogP contribution in [0.1, 0.15) is 44.3 Å². The summed E-state index contributed by atoms with van der Waals surface area (Å²) in [4.78, 5) is 4.67. The van der Waals surface area contributed by atoms with E-state index in [0.717, 1.165) is 23.2 Å². The summed E-state index contributed by atoms with van der Waals surface area (Å²) in [6, 6.07) is 10.9. The van der Waals surface area contributed by atoms with E-state index in [-0.39, 0.29) is 0 Å². The third kappa shape index (κ3) is 2.72. The smallest absolute Gasteiger partial charge is 0.207 e. The zero-order chi connectivity index (χ0) is 13.9. The molecule has 0 bridgehead atoms. The quantitative estimate of drug-likeness (QED) is 0.876. The van der Waals surface area contributed by atoms with E-state index in [1.807, 2.05) is 18.2 Å². The molecule has 2 unspecified atom stereocenters. The van der Waals surface area contributed by atoms with Crippen molar-refractivity contribution in [2.75, 3.05) is 5.32 Å². The molecule has 0 aliphatic heterocycles. The molecule has 0 spiro atoms. The first kappa shape index (κ1) is 13.2. The van der Waals surface area contributed by atoms with Gasteiger partial charge in [-0.05, 0) is 37.8 Å². The molecular formula is C17H23N3.